The van der Waals surface area contributed by atoms with Gasteiger partial charge < -0.3 is 9.97 Å². The Bertz CT molecular complexity index is 864. The number of H-pyrrole nitrogens is 2. The lowest BCUT2D eigenvalue weighted by Crippen LogP contribution is -1.85. The van der Waals surface area contributed by atoms with Crippen LogP contribution in [0.5, 0.6) is 0 Å². The number of pyridine rings is 1. The minimum absolute atomic E-state index is 0.782. The van der Waals surface area contributed by atoms with Crippen LogP contribution in [0.4, 0.5) is 0 Å². The first kappa shape index (κ1) is 11.2. The molecule has 5 nitrogen and oxygen atoms in total. The largest absolute Gasteiger partial charge is 0.342 e. The molecule has 0 aliphatic carbocycles. The van der Waals surface area contributed by atoms with Crippen LogP contribution >= 0.6 is 0 Å². The summed E-state index contributed by atoms with van der Waals surface area (Å²) in [6.07, 6.45) is 1.84. The number of aromatic amines is 2. The number of nitrogens with one attached hydrogen (secondary N) is 2. The number of aryl methyl sites for hydroxylation is 2. The van der Waals surface area contributed by atoms with Gasteiger partial charge in [-0.15, -0.1) is 0 Å². The molecule has 5 heteroatoms. The smallest absolute Gasteiger partial charge is 0.157 e. The van der Waals surface area contributed by atoms with Crippen LogP contribution in [0.1, 0.15) is 11.4 Å². The SMILES string of the molecule is Cc1ccc(-c2nc3cc4nc(C)[nH]c4cc3[nH]2)nc1. The lowest BCUT2D eigenvalue weighted by atomic mass is 10.3. The monoisotopic (exact) mass is 263 g/mol. The molecule has 3 heterocycles. The fraction of sp³-hybridized carbons (Fsp3) is 0.133. The number of imidazole rings is 2. The summed E-state index contributed by atoms with van der Waals surface area (Å²) >= 11 is 0. The summed E-state index contributed by atoms with van der Waals surface area (Å²) in [5.74, 6) is 1.69. The summed E-state index contributed by atoms with van der Waals surface area (Å²) in [6, 6.07) is 8.03. The molecule has 0 amide bonds. The normalized spacial score (nSPS) is 11.5. The first-order chi connectivity index (χ1) is 9.69. The van der Waals surface area contributed by atoms with Gasteiger partial charge in [0.25, 0.3) is 0 Å². The average Bonchev–Trinajstić information content (AvgIpc) is 2.97. The zero-order valence-electron chi connectivity index (χ0n) is 11.2. The van der Waals surface area contributed by atoms with Crippen LogP contribution < -0.4 is 0 Å². The summed E-state index contributed by atoms with van der Waals surface area (Å²) in [6.45, 7) is 3.97. The maximum Gasteiger partial charge on any atom is 0.157 e. The van der Waals surface area contributed by atoms with Gasteiger partial charge in [0.15, 0.2) is 5.82 Å². The Hall–Kier alpha value is -2.69. The standard InChI is InChI=1S/C15H13N5/c1-8-3-4-10(16-7-8)15-19-13-5-11-12(6-14(13)20-15)18-9(2)17-11/h3-7H,1-2H3,(H,17,18)(H,19,20). The molecule has 0 fully saturated rings. The molecule has 4 rings (SSSR count). The molecule has 1 aromatic carbocycles. The van der Waals surface area contributed by atoms with E-state index in [1.807, 2.05) is 44.3 Å². The van der Waals surface area contributed by atoms with Crippen LogP contribution in [0.15, 0.2) is 30.5 Å². The molecule has 4 aromatic rings. The van der Waals surface area contributed by atoms with Crippen molar-refractivity contribution in [3.05, 3.63) is 41.9 Å². The Morgan fingerprint density at radius 3 is 2.50 bits per heavy atom. The number of aromatic nitrogens is 5. The summed E-state index contributed by atoms with van der Waals surface area (Å²) in [7, 11) is 0. The Morgan fingerprint density at radius 2 is 1.70 bits per heavy atom. The molecule has 0 aliphatic heterocycles. The maximum atomic E-state index is 4.60. The molecular formula is C15H13N5. The van der Waals surface area contributed by atoms with E-state index in [9.17, 15) is 0 Å². The van der Waals surface area contributed by atoms with Gasteiger partial charge in [-0.05, 0) is 37.6 Å². The molecule has 3 aromatic heterocycles. The van der Waals surface area contributed by atoms with E-state index < -0.39 is 0 Å². The molecule has 0 spiro atoms. The lowest BCUT2D eigenvalue weighted by Gasteiger charge is -1.95. The van der Waals surface area contributed by atoms with Crippen LogP contribution in [0.2, 0.25) is 0 Å². The highest BCUT2D eigenvalue weighted by Crippen LogP contribution is 2.23. The second kappa shape index (κ2) is 3.90. The van der Waals surface area contributed by atoms with Crippen molar-refractivity contribution in [1.29, 1.82) is 0 Å². The summed E-state index contributed by atoms with van der Waals surface area (Å²) in [5.41, 5.74) is 5.82. The number of rotatable bonds is 1. The fourth-order valence-corrected chi connectivity index (χ4v) is 2.37. The third kappa shape index (κ3) is 1.67. The van der Waals surface area contributed by atoms with Crippen molar-refractivity contribution in [2.24, 2.45) is 0 Å². The van der Waals surface area contributed by atoms with Gasteiger partial charge in [0.05, 0.1) is 22.1 Å². The molecule has 0 radical (unpaired) electrons. The first-order valence-electron chi connectivity index (χ1n) is 6.48. The van der Waals surface area contributed by atoms with E-state index in [1.165, 1.54) is 0 Å². The minimum Gasteiger partial charge on any atom is -0.342 e. The van der Waals surface area contributed by atoms with E-state index in [0.717, 1.165) is 45.0 Å². The highest BCUT2D eigenvalue weighted by Gasteiger charge is 2.09. The topological polar surface area (TPSA) is 70.2 Å². The third-order valence-corrected chi connectivity index (χ3v) is 3.36. The van der Waals surface area contributed by atoms with Gasteiger partial charge in [-0.25, -0.2) is 9.97 Å². The molecule has 0 aliphatic rings. The molecule has 20 heavy (non-hydrogen) atoms. The van der Waals surface area contributed by atoms with E-state index in [2.05, 4.69) is 24.9 Å². The highest BCUT2D eigenvalue weighted by molar-refractivity contribution is 5.92. The van der Waals surface area contributed by atoms with Crippen LogP contribution in [0.3, 0.4) is 0 Å². The van der Waals surface area contributed by atoms with Crippen molar-refractivity contribution < 1.29 is 0 Å². The van der Waals surface area contributed by atoms with Crippen molar-refractivity contribution in [2.75, 3.05) is 0 Å². The van der Waals surface area contributed by atoms with Gasteiger partial charge in [-0.1, -0.05) is 6.07 Å². The van der Waals surface area contributed by atoms with E-state index in [0.29, 0.717) is 0 Å². The van der Waals surface area contributed by atoms with E-state index in [4.69, 9.17) is 0 Å². The van der Waals surface area contributed by atoms with E-state index >= 15 is 0 Å². The molecule has 2 N–H and O–H groups in total. The Labute approximate surface area is 115 Å². The number of nitrogens with zero attached hydrogens (tertiary/aromatic N) is 3. The Morgan fingerprint density at radius 1 is 0.900 bits per heavy atom. The van der Waals surface area contributed by atoms with Gasteiger partial charge in [-0.2, -0.15) is 0 Å². The van der Waals surface area contributed by atoms with Crippen molar-refractivity contribution in [2.45, 2.75) is 13.8 Å². The zero-order valence-corrected chi connectivity index (χ0v) is 11.2. The van der Waals surface area contributed by atoms with Gasteiger partial charge in [0, 0.05) is 6.20 Å². The van der Waals surface area contributed by atoms with Crippen molar-refractivity contribution in [1.82, 2.24) is 24.9 Å². The lowest BCUT2D eigenvalue weighted by molar-refractivity contribution is 1.17. The number of hydrogen-bond donors (Lipinski definition) is 2. The van der Waals surface area contributed by atoms with Gasteiger partial charge in [0.2, 0.25) is 0 Å². The number of fused-ring (bicyclic) bond motifs is 2. The van der Waals surface area contributed by atoms with Gasteiger partial charge >= 0.3 is 0 Å². The molecule has 0 unspecified atom stereocenters. The van der Waals surface area contributed by atoms with Gasteiger partial charge in [-0.3, -0.25) is 4.98 Å². The third-order valence-electron chi connectivity index (χ3n) is 3.36. The Balaban J connectivity index is 1.91. The zero-order chi connectivity index (χ0) is 13.7. The number of hydrogen-bond acceptors (Lipinski definition) is 3. The summed E-state index contributed by atoms with van der Waals surface area (Å²) in [4.78, 5) is 20.0. The molecular weight excluding hydrogens is 250 g/mol. The first-order valence-corrected chi connectivity index (χ1v) is 6.48. The van der Waals surface area contributed by atoms with E-state index in [-0.39, 0.29) is 0 Å². The minimum atomic E-state index is 0.782. The van der Waals surface area contributed by atoms with Crippen LogP contribution in [-0.2, 0) is 0 Å². The molecule has 0 saturated carbocycles. The molecule has 98 valence electrons. The van der Waals surface area contributed by atoms with Gasteiger partial charge in [0.1, 0.15) is 11.5 Å². The fourth-order valence-electron chi connectivity index (χ4n) is 2.37. The summed E-state index contributed by atoms with van der Waals surface area (Å²) in [5, 5.41) is 0. The van der Waals surface area contributed by atoms with Crippen LogP contribution in [-0.4, -0.2) is 24.9 Å². The quantitative estimate of drug-likeness (QED) is 0.554. The molecule has 0 bridgehead atoms. The molecule has 0 saturated heterocycles. The summed E-state index contributed by atoms with van der Waals surface area (Å²) < 4.78 is 0. The molecule has 0 atom stereocenters. The highest BCUT2D eigenvalue weighted by atomic mass is 15.0. The second-order valence-electron chi connectivity index (χ2n) is 5.01. The predicted molar refractivity (Wildman–Crippen MR) is 78.5 cm³/mol. The second-order valence-corrected chi connectivity index (χ2v) is 5.01. The maximum absolute atomic E-state index is 4.60. The number of benzene rings is 1. The Kier molecular flexibility index (Phi) is 2.18. The van der Waals surface area contributed by atoms with Crippen LogP contribution in [0, 0.1) is 13.8 Å². The van der Waals surface area contributed by atoms with Crippen molar-refractivity contribution in [3.8, 4) is 11.5 Å². The van der Waals surface area contributed by atoms with Crippen molar-refractivity contribution in [3.63, 3.8) is 0 Å². The average molecular weight is 263 g/mol. The van der Waals surface area contributed by atoms with Crippen LogP contribution in [0.25, 0.3) is 33.6 Å². The van der Waals surface area contributed by atoms with Crippen molar-refractivity contribution >= 4 is 22.1 Å². The van der Waals surface area contributed by atoms with E-state index in [1.54, 1.807) is 0 Å². The predicted octanol–water partition coefficient (Wildman–Crippen LogP) is 3.12.